The number of carbonyl (C=O) groups is 1. The SMILES string of the molecule is CCNC1CCC(N(C)C(=O)CC(C)CC)CC1. The van der Waals surface area contributed by atoms with E-state index in [4.69, 9.17) is 0 Å². The fourth-order valence-corrected chi connectivity index (χ4v) is 2.75. The molecule has 1 fully saturated rings. The van der Waals surface area contributed by atoms with E-state index in [1.807, 2.05) is 11.9 Å². The monoisotopic (exact) mass is 254 g/mol. The van der Waals surface area contributed by atoms with E-state index >= 15 is 0 Å². The Morgan fingerprint density at radius 1 is 1.28 bits per heavy atom. The smallest absolute Gasteiger partial charge is 0.222 e. The van der Waals surface area contributed by atoms with Gasteiger partial charge in [-0.05, 0) is 38.1 Å². The molecule has 0 saturated heterocycles. The standard InChI is InChI=1S/C15H30N2O/c1-5-12(3)11-15(18)17(4)14-9-7-13(8-10-14)16-6-2/h12-14,16H,5-11H2,1-4H3. The number of nitrogens with one attached hydrogen (secondary N) is 1. The van der Waals surface area contributed by atoms with Gasteiger partial charge in [-0.1, -0.05) is 27.2 Å². The molecule has 0 aromatic carbocycles. The van der Waals surface area contributed by atoms with Crippen LogP contribution in [0.25, 0.3) is 0 Å². The molecule has 1 unspecified atom stereocenters. The molecule has 1 atom stereocenters. The first-order valence-corrected chi connectivity index (χ1v) is 7.57. The first-order chi connectivity index (χ1) is 8.58. The molecule has 1 amide bonds. The highest BCUT2D eigenvalue weighted by molar-refractivity contribution is 5.76. The molecule has 0 aromatic heterocycles. The quantitative estimate of drug-likeness (QED) is 0.790. The highest BCUT2D eigenvalue weighted by Crippen LogP contribution is 2.23. The summed E-state index contributed by atoms with van der Waals surface area (Å²) in [7, 11) is 1.99. The predicted molar refractivity (Wildman–Crippen MR) is 76.6 cm³/mol. The van der Waals surface area contributed by atoms with Crippen molar-refractivity contribution in [2.75, 3.05) is 13.6 Å². The fraction of sp³-hybridized carbons (Fsp3) is 0.933. The van der Waals surface area contributed by atoms with Crippen molar-refractivity contribution in [1.82, 2.24) is 10.2 Å². The second-order valence-electron chi connectivity index (χ2n) is 5.79. The molecular weight excluding hydrogens is 224 g/mol. The zero-order chi connectivity index (χ0) is 13.5. The summed E-state index contributed by atoms with van der Waals surface area (Å²) >= 11 is 0. The van der Waals surface area contributed by atoms with Crippen molar-refractivity contribution in [2.24, 2.45) is 5.92 Å². The highest BCUT2D eigenvalue weighted by atomic mass is 16.2. The van der Waals surface area contributed by atoms with Crippen molar-refractivity contribution in [3.8, 4) is 0 Å². The average Bonchev–Trinajstić information content (AvgIpc) is 2.39. The summed E-state index contributed by atoms with van der Waals surface area (Å²) in [6.07, 6.45) is 6.52. The van der Waals surface area contributed by atoms with E-state index in [1.54, 1.807) is 0 Å². The Balaban J connectivity index is 2.35. The Bertz CT molecular complexity index is 247. The van der Waals surface area contributed by atoms with Crippen LogP contribution in [0.1, 0.15) is 59.3 Å². The van der Waals surface area contributed by atoms with Gasteiger partial charge < -0.3 is 10.2 Å². The summed E-state index contributed by atoms with van der Waals surface area (Å²) in [5.41, 5.74) is 0. The van der Waals surface area contributed by atoms with Crippen LogP contribution < -0.4 is 5.32 Å². The molecule has 0 radical (unpaired) electrons. The summed E-state index contributed by atoms with van der Waals surface area (Å²) in [4.78, 5) is 14.1. The Morgan fingerprint density at radius 2 is 1.89 bits per heavy atom. The van der Waals surface area contributed by atoms with Gasteiger partial charge in [0, 0.05) is 25.6 Å². The third-order valence-electron chi connectivity index (χ3n) is 4.35. The molecule has 1 saturated carbocycles. The van der Waals surface area contributed by atoms with Crippen molar-refractivity contribution in [2.45, 2.75) is 71.4 Å². The molecule has 1 aliphatic rings. The molecular formula is C15H30N2O. The van der Waals surface area contributed by atoms with Crippen LogP contribution in [0.3, 0.4) is 0 Å². The van der Waals surface area contributed by atoms with Crippen LogP contribution in [0.5, 0.6) is 0 Å². The van der Waals surface area contributed by atoms with E-state index in [-0.39, 0.29) is 0 Å². The van der Waals surface area contributed by atoms with Gasteiger partial charge in [0.15, 0.2) is 0 Å². The minimum atomic E-state index is 0.330. The second kappa shape index (κ2) is 7.78. The molecule has 1 aliphatic carbocycles. The van der Waals surface area contributed by atoms with E-state index in [9.17, 15) is 4.79 Å². The van der Waals surface area contributed by atoms with Crippen LogP contribution >= 0.6 is 0 Å². The maximum atomic E-state index is 12.1. The van der Waals surface area contributed by atoms with Crippen molar-refractivity contribution in [3.63, 3.8) is 0 Å². The molecule has 1 N–H and O–H groups in total. The maximum Gasteiger partial charge on any atom is 0.222 e. The lowest BCUT2D eigenvalue weighted by Crippen LogP contribution is -2.43. The van der Waals surface area contributed by atoms with Crippen LogP contribution in [-0.2, 0) is 4.79 Å². The molecule has 0 bridgehead atoms. The van der Waals surface area contributed by atoms with Crippen molar-refractivity contribution in [3.05, 3.63) is 0 Å². The average molecular weight is 254 g/mol. The molecule has 1 rings (SSSR count). The zero-order valence-corrected chi connectivity index (χ0v) is 12.5. The van der Waals surface area contributed by atoms with Crippen LogP contribution in [0.2, 0.25) is 0 Å². The summed E-state index contributed by atoms with van der Waals surface area (Å²) in [5, 5.41) is 3.51. The molecule has 0 aliphatic heterocycles. The number of amides is 1. The van der Waals surface area contributed by atoms with Crippen molar-refractivity contribution < 1.29 is 4.79 Å². The van der Waals surface area contributed by atoms with Gasteiger partial charge >= 0.3 is 0 Å². The van der Waals surface area contributed by atoms with Gasteiger partial charge in [-0.2, -0.15) is 0 Å². The van der Waals surface area contributed by atoms with Crippen LogP contribution in [0.4, 0.5) is 0 Å². The first kappa shape index (κ1) is 15.5. The van der Waals surface area contributed by atoms with E-state index in [0.717, 1.165) is 25.8 Å². The summed E-state index contributed by atoms with van der Waals surface area (Å²) in [5.74, 6) is 0.842. The number of rotatable bonds is 6. The fourth-order valence-electron chi connectivity index (χ4n) is 2.75. The van der Waals surface area contributed by atoms with Gasteiger partial charge in [0.05, 0.1) is 0 Å². The lowest BCUT2D eigenvalue weighted by Gasteiger charge is -2.35. The third kappa shape index (κ3) is 4.60. The summed E-state index contributed by atoms with van der Waals surface area (Å²) in [6, 6.07) is 1.14. The Kier molecular flexibility index (Phi) is 6.69. The predicted octanol–water partition coefficient (Wildman–Crippen LogP) is 2.80. The Labute approximate surface area is 112 Å². The van der Waals surface area contributed by atoms with Gasteiger partial charge in [-0.25, -0.2) is 0 Å². The molecule has 0 spiro atoms. The molecule has 0 aromatic rings. The molecule has 3 heteroatoms. The number of hydrogen-bond donors (Lipinski definition) is 1. The molecule has 0 heterocycles. The molecule has 3 nitrogen and oxygen atoms in total. The van der Waals surface area contributed by atoms with Crippen molar-refractivity contribution >= 4 is 5.91 Å². The second-order valence-corrected chi connectivity index (χ2v) is 5.79. The maximum absolute atomic E-state index is 12.1. The number of nitrogens with zero attached hydrogens (tertiary/aromatic N) is 1. The van der Waals surface area contributed by atoms with Crippen LogP contribution in [-0.4, -0.2) is 36.5 Å². The topological polar surface area (TPSA) is 32.3 Å². The van der Waals surface area contributed by atoms with Gasteiger partial charge in [0.2, 0.25) is 5.91 Å². The lowest BCUT2D eigenvalue weighted by molar-refractivity contribution is -0.133. The van der Waals surface area contributed by atoms with Gasteiger partial charge in [-0.3, -0.25) is 4.79 Å². The molecule has 106 valence electrons. The minimum absolute atomic E-state index is 0.330. The Hall–Kier alpha value is -0.570. The van der Waals surface area contributed by atoms with Gasteiger partial charge in [0.25, 0.3) is 0 Å². The largest absolute Gasteiger partial charge is 0.343 e. The van der Waals surface area contributed by atoms with Crippen LogP contribution in [0.15, 0.2) is 0 Å². The lowest BCUT2D eigenvalue weighted by atomic mass is 9.90. The zero-order valence-electron chi connectivity index (χ0n) is 12.5. The van der Waals surface area contributed by atoms with Crippen molar-refractivity contribution in [1.29, 1.82) is 0 Å². The van der Waals surface area contributed by atoms with E-state index < -0.39 is 0 Å². The number of hydrogen-bond acceptors (Lipinski definition) is 2. The van der Waals surface area contributed by atoms with Gasteiger partial charge in [-0.15, -0.1) is 0 Å². The first-order valence-electron chi connectivity index (χ1n) is 7.57. The third-order valence-corrected chi connectivity index (χ3v) is 4.35. The summed E-state index contributed by atoms with van der Waals surface area (Å²) < 4.78 is 0. The highest BCUT2D eigenvalue weighted by Gasteiger charge is 2.26. The summed E-state index contributed by atoms with van der Waals surface area (Å²) in [6.45, 7) is 7.53. The van der Waals surface area contributed by atoms with E-state index in [1.165, 1.54) is 12.8 Å². The van der Waals surface area contributed by atoms with Crippen LogP contribution in [0, 0.1) is 5.92 Å². The number of carbonyl (C=O) groups excluding carboxylic acids is 1. The van der Waals surface area contributed by atoms with E-state index in [0.29, 0.717) is 30.3 Å². The minimum Gasteiger partial charge on any atom is -0.343 e. The normalized spacial score (nSPS) is 25.8. The van der Waals surface area contributed by atoms with E-state index in [2.05, 4.69) is 26.1 Å². The van der Waals surface area contributed by atoms with Gasteiger partial charge in [0.1, 0.15) is 0 Å². The Morgan fingerprint density at radius 3 is 2.39 bits per heavy atom. The molecule has 18 heavy (non-hydrogen) atoms.